The van der Waals surface area contributed by atoms with E-state index < -0.39 is 0 Å². The average molecular weight is 343 g/mol. The van der Waals surface area contributed by atoms with Gasteiger partial charge in [0.25, 0.3) is 0 Å². The third kappa shape index (κ3) is 4.80. The summed E-state index contributed by atoms with van der Waals surface area (Å²) in [5, 5.41) is 4.44. The van der Waals surface area contributed by atoms with Crippen molar-refractivity contribution in [2.24, 2.45) is 0 Å². The predicted molar refractivity (Wildman–Crippen MR) is 99.8 cm³/mol. The second-order valence-corrected chi connectivity index (χ2v) is 7.47. The molecular formula is C19H29N5O. The van der Waals surface area contributed by atoms with Gasteiger partial charge in [0.2, 0.25) is 0 Å². The van der Waals surface area contributed by atoms with Gasteiger partial charge in [-0.3, -0.25) is 4.90 Å². The lowest BCUT2D eigenvalue weighted by Gasteiger charge is -2.31. The number of hydrogen-bond acceptors (Lipinski definition) is 5. The lowest BCUT2D eigenvalue weighted by molar-refractivity contribution is 0.0391. The first-order valence-electron chi connectivity index (χ1n) is 9.03. The fourth-order valence-electron chi connectivity index (χ4n) is 3.13. The van der Waals surface area contributed by atoms with Crippen LogP contribution >= 0.6 is 0 Å². The summed E-state index contributed by atoms with van der Waals surface area (Å²) in [6, 6.07) is 10.6. The summed E-state index contributed by atoms with van der Waals surface area (Å²) in [6.07, 6.45) is 1.66. The molecule has 2 aromatic rings. The Bertz CT molecular complexity index is 643. The van der Waals surface area contributed by atoms with E-state index in [1.807, 2.05) is 4.68 Å². The summed E-state index contributed by atoms with van der Waals surface area (Å²) in [5.41, 5.74) is 1.15. The molecule has 0 unspecified atom stereocenters. The van der Waals surface area contributed by atoms with Crippen LogP contribution in [0.15, 0.2) is 36.7 Å². The molecule has 0 aliphatic carbocycles. The summed E-state index contributed by atoms with van der Waals surface area (Å²) in [7, 11) is 0. The predicted octanol–water partition coefficient (Wildman–Crippen LogP) is 2.37. The molecule has 6 nitrogen and oxygen atoms in total. The van der Waals surface area contributed by atoms with E-state index in [-0.39, 0.29) is 5.54 Å². The molecule has 3 rings (SSSR count). The minimum absolute atomic E-state index is 0.0710. The van der Waals surface area contributed by atoms with Crippen LogP contribution in [-0.4, -0.2) is 59.1 Å². The Balaban J connectivity index is 1.74. The van der Waals surface area contributed by atoms with E-state index in [0.717, 1.165) is 51.8 Å². The fourth-order valence-corrected chi connectivity index (χ4v) is 3.13. The van der Waals surface area contributed by atoms with E-state index in [4.69, 9.17) is 4.74 Å². The van der Waals surface area contributed by atoms with E-state index in [1.54, 1.807) is 6.33 Å². The molecule has 0 radical (unpaired) electrons. The number of ether oxygens (including phenoxy) is 1. The summed E-state index contributed by atoms with van der Waals surface area (Å²) < 4.78 is 7.48. The number of nitrogens with zero attached hydrogens (tertiary/aromatic N) is 5. The SMILES string of the molecule is CC(C)(C)n1ncnc1CN(CCN1CCOCC1)c1ccccc1. The van der Waals surface area contributed by atoms with Crippen molar-refractivity contribution < 1.29 is 4.74 Å². The zero-order valence-corrected chi connectivity index (χ0v) is 15.6. The quantitative estimate of drug-likeness (QED) is 0.806. The normalized spacial score (nSPS) is 16.1. The molecule has 2 heterocycles. The van der Waals surface area contributed by atoms with Gasteiger partial charge in [0.15, 0.2) is 0 Å². The number of aromatic nitrogens is 3. The van der Waals surface area contributed by atoms with Crippen LogP contribution in [-0.2, 0) is 16.8 Å². The smallest absolute Gasteiger partial charge is 0.146 e. The largest absolute Gasteiger partial charge is 0.379 e. The van der Waals surface area contributed by atoms with Crippen LogP contribution in [0.4, 0.5) is 5.69 Å². The second-order valence-electron chi connectivity index (χ2n) is 7.47. The van der Waals surface area contributed by atoms with E-state index in [1.165, 1.54) is 5.69 Å². The maximum absolute atomic E-state index is 5.45. The molecule has 0 saturated carbocycles. The van der Waals surface area contributed by atoms with Crippen molar-refractivity contribution in [1.82, 2.24) is 19.7 Å². The van der Waals surface area contributed by atoms with Crippen LogP contribution in [0.5, 0.6) is 0 Å². The fraction of sp³-hybridized carbons (Fsp3) is 0.579. The Morgan fingerprint density at radius 1 is 1.12 bits per heavy atom. The maximum atomic E-state index is 5.45. The molecule has 1 aromatic carbocycles. The average Bonchev–Trinajstić information content (AvgIpc) is 3.09. The first-order chi connectivity index (χ1) is 12.0. The second kappa shape index (κ2) is 7.97. The van der Waals surface area contributed by atoms with Crippen LogP contribution in [0.1, 0.15) is 26.6 Å². The lowest BCUT2D eigenvalue weighted by Crippen LogP contribution is -2.41. The first-order valence-corrected chi connectivity index (χ1v) is 9.03. The van der Waals surface area contributed by atoms with Crippen molar-refractivity contribution in [1.29, 1.82) is 0 Å². The highest BCUT2D eigenvalue weighted by Gasteiger charge is 2.21. The maximum Gasteiger partial charge on any atom is 0.146 e. The Hall–Kier alpha value is -1.92. The molecule has 6 heteroatoms. The van der Waals surface area contributed by atoms with Gasteiger partial charge in [-0.25, -0.2) is 9.67 Å². The van der Waals surface area contributed by atoms with Crippen LogP contribution in [0.2, 0.25) is 0 Å². The standard InChI is InChI=1S/C19H29N5O/c1-19(2,3)24-18(20-16-21-24)15-23(17-7-5-4-6-8-17)10-9-22-11-13-25-14-12-22/h4-8,16H,9-15H2,1-3H3. The van der Waals surface area contributed by atoms with Crippen LogP contribution < -0.4 is 4.90 Å². The minimum atomic E-state index is -0.0710. The molecule has 1 fully saturated rings. The van der Waals surface area contributed by atoms with Gasteiger partial charge in [0, 0.05) is 31.9 Å². The van der Waals surface area contributed by atoms with Crippen molar-refractivity contribution in [2.45, 2.75) is 32.9 Å². The number of para-hydroxylation sites is 1. The zero-order valence-electron chi connectivity index (χ0n) is 15.6. The Morgan fingerprint density at radius 2 is 1.84 bits per heavy atom. The van der Waals surface area contributed by atoms with E-state index in [2.05, 4.69) is 71.0 Å². The molecule has 0 amide bonds. The topological polar surface area (TPSA) is 46.4 Å². The molecule has 0 spiro atoms. The summed E-state index contributed by atoms with van der Waals surface area (Å²) in [6.45, 7) is 12.9. The van der Waals surface area contributed by atoms with Crippen LogP contribution in [0, 0.1) is 0 Å². The van der Waals surface area contributed by atoms with Gasteiger partial charge in [-0.15, -0.1) is 0 Å². The van der Waals surface area contributed by atoms with Crippen molar-refractivity contribution in [3.05, 3.63) is 42.5 Å². The van der Waals surface area contributed by atoms with Gasteiger partial charge < -0.3 is 9.64 Å². The highest BCUT2D eigenvalue weighted by Crippen LogP contribution is 2.19. The molecule has 25 heavy (non-hydrogen) atoms. The van der Waals surface area contributed by atoms with E-state index >= 15 is 0 Å². The van der Waals surface area contributed by atoms with Crippen LogP contribution in [0.3, 0.4) is 0 Å². The van der Waals surface area contributed by atoms with Crippen molar-refractivity contribution >= 4 is 5.69 Å². The van der Waals surface area contributed by atoms with Crippen molar-refractivity contribution in [3.63, 3.8) is 0 Å². The Labute approximate surface area is 150 Å². The number of anilines is 1. The molecule has 1 aliphatic heterocycles. The Morgan fingerprint density at radius 3 is 2.52 bits per heavy atom. The lowest BCUT2D eigenvalue weighted by atomic mass is 10.1. The zero-order chi connectivity index (χ0) is 17.7. The van der Waals surface area contributed by atoms with Gasteiger partial charge in [-0.05, 0) is 32.9 Å². The van der Waals surface area contributed by atoms with E-state index in [9.17, 15) is 0 Å². The van der Waals surface area contributed by atoms with Gasteiger partial charge in [0.05, 0.1) is 25.3 Å². The van der Waals surface area contributed by atoms with Crippen LogP contribution in [0.25, 0.3) is 0 Å². The molecule has 1 aromatic heterocycles. The monoisotopic (exact) mass is 343 g/mol. The molecular weight excluding hydrogens is 314 g/mol. The number of morpholine rings is 1. The van der Waals surface area contributed by atoms with Gasteiger partial charge >= 0.3 is 0 Å². The molecule has 0 N–H and O–H groups in total. The molecule has 0 atom stereocenters. The van der Waals surface area contributed by atoms with Gasteiger partial charge in [0.1, 0.15) is 12.2 Å². The Kier molecular flexibility index (Phi) is 5.71. The van der Waals surface area contributed by atoms with Gasteiger partial charge in [-0.2, -0.15) is 5.10 Å². The third-order valence-corrected chi connectivity index (χ3v) is 4.50. The highest BCUT2D eigenvalue weighted by atomic mass is 16.5. The summed E-state index contributed by atoms with van der Waals surface area (Å²) in [5.74, 6) is 0.998. The number of rotatable bonds is 6. The highest BCUT2D eigenvalue weighted by molar-refractivity contribution is 5.46. The summed E-state index contributed by atoms with van der Waals surface area (Å²) >= 11 is 0. The van der Waals surface area contributed by atoms with E-state index in [0.29, 0.717) is 0 Å². The third-order valence-electron chi connectivity index (χ3n) is 4.50. The van der Waals surface area contributed by atoms with Crippen molar-refractivity contribution in [3.8, 4) is 0 Å². The molecule has 0 bridgehead atoms. The number of hydrogen-bond donors (Lipinski definition) is 0. The van der Waals surface area contributed by atoms with Crippen molar-refractivity contribution in [2.75, 3.05) is 44.3 Å². The molecule has 136 valence electrons. The minimum Gasteiger partial charge on any atom is -0.379 e. The first kappa shape index (κ1) is 17.9. The van der Waals surface area contributed by atoms with Gasteiger partial charge in [-0.1, -0.05) is 18.2 Å². The summed E-state index contributed by atoms with van der Waals surface area (Å²) in [4.78, 5) is 9.38. The number of benzene rings is 1. The molecule has 1 aliphatic rings. The molecule has 1 saturated heterocycles.